The Bertz CT molecular complexity index is 993. The summed E-state index contributed by atoms with van der Waals surface area (Å²) in [6.45, 7) is 1.74. The molecule has 0 bridgehead atoms. The maximum absolute atomic E-state index is 13.7. The largest absolute Gasteiger partial charge is 0.457 e. The molecule has 0 radical (unpaired) electrons. The number of hydrogen-bond donors (Lipinski definition) is 2. The second-order valence-corrected chi connectivity index (χ2v) is 5.80. The highest BCUT2D eigenvalue weighted by Gasteiger charge is 2.58. The van der Waals surface area contributed by atoms with Crippen molar-refractivity contribution in [3.63, 3.8) is 0 Å². The predicted molar refractivity (Wildman–Crippen MR) is 87.1 cm³/mol. The van der Waals surface area contributed by atoms with Crippen molar-refractivity contribution in [1.29, 1.82) is 0 Å². The van der Waals surface area contributed by atoms with Crippen molar-refractivity contribution in [3.05, 3.63) is 75.6 Å². The van der Waals surface area contributed by atoms with Gasteiger partial charge in [-0.3, -0.25) is 4.79 Å². The molecule has 25 heavy (non-hydrogen) atoms. The van der Waals surface area contributed by atoms with Crippen LogP contribution >= 0.6 is 0 Å². The SMILES string of the molecule is Cc1ccc2oc(C(O)(c3ccc(N)cc3)C(F)(F)F)cc(=O)c2c1. The molecule has 1 unspecified atom stereocenters. The van der Waals surface area contributed by atoms with Crippen LogP contribution in [0.15, 0.2) is 57.7 Å². The normalized spacial score (nSPS) is 14.4. The average molecular weight is 349 g/mol. The van der Waals surface area contributed by atoms with Gasteiger partial charge in [0, 0.05) is 17.3 Å². The van der Waals surface area contributed by atoms with E-state index < -0.39 is 28.5 Å². The Labute approximate surface area is 140 Å². The number of anilines is 1. The summed E-state index contributed by atoms with van der Waals surface area (Å²) in [6, 6.07) is 9.74. The highest BCUT2D eigenvalue weighted by Crippen LogP contribution is 2.44. The van der Waals surface area contributed by atoms with Gasteiger partial charge < -0.3 is 15.3 Å². The van der Waals surface area contributed by atoms with Gasteiger partial charge >= 0.3 is 6.18 Å². The Morgan fingerprint density at radius 2 is 1.68 bits per heavy atom. The summed E-state index contributed by atoms with van der Waals surface area (Å²) in [5, 5.41) is 10.7. The van der Waals surface area contributed by atoms with Crippen LogP contribution in [0.4, 0.5) is 18.9 Å². The van der Waals surface area contributed by atoms with E-state index in [-0.39, 0.29) is 16.7 Å². The lowest BCUT2D eigenvalue weighted by molar-refractivity contribution is -0.254. The number of aliphatic hydroxyl groups is 1. The van der Waals surface area contributed by atoms with Crippen LogP contribution < -0.4 is 11.2 Å². The van der Waals surface area contributed by atoms with E-state index in [0.29, 0.717) is 6.07 Å². The third-order valence-corrected chi connectivity index (χ3v) is 3.98. The molecule has 130 valence electrons. The summed E-state index contributed by atoms with van der Waals surface area (Å²) in [4.78, 5) is 12.3. The molecule has 1 heterocycles. The molecule has 0 amide bonds. The smallest absolute Gasteiger partial charge is 0.428 e. The quantitative estimate of drug-likeness (QED) is 0.695. The van der Waals surface area contributed by atoms with E-state index in [2.05, 4.69) is 0 Å². The van der Waals surface area contributed by atoms with Crippen molar-refractivity contribution < 1.29 is 22.7 Å². The van der Waals surface area contributed by atoms with Crippen molar-refractivity contribution >= 4 is 16.7 Å². The molecule has 1 aromatic heterocycles. The maximum Gasteiger partial charge on any atom is 0.428 e. The fraction of sp³-hybridized carbons (Fsp3) is 0.167. The number of benzene rings is 2. The minimum atomic E-state index is -5.11. The van der Waals surface area contributed by atoms with Crippen molar-refractivity contribution in [3.8, 4) is 0 Å². The van der Waals surface area contributed by atoms with Gasteiger partial charge in [-0.1, -0.05) is 23.8 Å². The Hall–Kier alpha value is -2.80. The van der Waals surface area contributed by atoms with Gasteiger partial charge in [0.15, 0.2) is 11.2 Å². The van der Waals surface area contributed by atoms with Crippen LogP contribution in [0.5, 0.6) is 0 Å². The van der Waals surface area contributed by atoms with Crippen LogP contribution in [0.1, 0.15) is 16.9 Å². The highest BCUT2D eigenvalue weighted by atomic mass is 19.4. The summed E-state index contributed by atoms with van der Waals surface area (Å²) in [7, 11) is 0. The van der Waals surface area contributed by atoms with Gasteiger partial charge in [0.25, 0.3) is 0 Å². The lowest BCUT2D eigenvalue weighted by atomic mass is 9.89. The van der Waals surface area contributed by atoms with Gasteiger partial charge in [-0.25, -0.2) is 0 Å². The van der Waals surface area contributed by atoms with Crippen LogP contribution in [0.25, 0.3) is 11.0 Å². The summed E-state index contributed by atoms with van der Waals surface area (Å²) in [5.41, 5.74) is 1.82. The van der Waals surface area contributed by atoms with Gasteiger partial charge in [0.2, 0.25) is 5.60 Å². The molecule has 3 aromatic rings. The predicted octanol–water partition coefficient (Wildman–Crippen LogP) is 3.48. The highest BCUT2D eigenvalue weighted by molar-refractivity contribution is 5.77. The molecule has 2 aromatic carbocycles. The fourth-order valence-corrected chi connectivity index (χ4v) is 2.62. The van der Waals surface area contributed by atoms with Crippen molar-refractivity contribution in [2.24, 2.45) is 0 Å². The van der Waals surface area contributed by atoms with Crippen LogP contribution in [-0.2, 0) is 5.60 Å². The van der Waals surface area contributed by atoms with E-state index in [4.69, 9.17) is 10.2 Å². The average Bonchev–Trinajstić information content (AvgIpc) is 2.54. The summed E-state index contributed by atoms with van der Waals surface area (Å²) >= 11 is 0. The zero-order chi connectivity index (χ0) is 18.4. The minimum Gasteiger partial charge on any atom is -0.457 e. The van der Waals surface area contributed by atoms with Crippen LogP contribution in [-0.4, -0.2) is 11.3 Å². The van der Waals surface area contributed by atoms with E-state index in [1.807, 2.05) is 0 Å². The molecule has 7 heteroatoms. The van der Waals surface area contributed by atoms with Gasteiger partial charge in [0.05, 0.1) is 5.39 Å². The first-order chi connectivity index (χ1) is 11.6. The first kappa shape index (κ1) is 17.0. The van der Waals surface area contributed by atoms with E-state index in [9.17, 15) is 23.1 Å². The molecule has 4 nitrogen and oxygen atoms in total. The molecule has 0 saturated heterocycles. The van der Waals surface area contributed by atoms with Crippen molar-refractivity contribution in [2.75, 3.05) is 5.73 Å². The van der Waals surface area contributed by atoms with Gasteiger partial charge in [-0.05, 0) is 31.2 Å². The topological polar surface area (TPSA) is 76.5 Å². The maximum atomic E-state index is 13.7. The van der Waals surface area contributed by atoms with Crippen LogP contribution in [0, 0.1) is 6.92 Å². The molecule has 3 N–H and O–H groups in total. The van der Waals surface area contributed by atoms with E-state index in [1.54, 1.807) is 13.0 Å². The third kappa shape index (κ3) is 2.76. The summed E-state index contributed by atoms with van der Waals surface area (Å²) in [6.07, 6.45) is -5.11. The van der Waals surface area contributed by atoms with Gasteiger partial charge in [-0.2, -0.15) is 13.2 Å². The number of fused-ring (bicyclic) bond motifs is 1. The van der Waals surface area contributed by atoms with Crippen molar-refractivity contribution in [1.82, 2.24) is 0 Å². The number of nitrogens with two attached hydrogens (primary N) is 1. The number of hydrogen-bond acceptors (Lipinski definition) is 4. The molecule has 0 aliphatic rings. The molecular weight excluding hydrogens is 335 g/mol. The summed E-state index contributed by atoms with van der Waals surface area (Å²) in [5.74, 6) is -0.897. The minimum absolute atomic E-state index is 0.0359. The first-order valence-electron chi connectivity index (χ1n) is 7.33. The zero-order valence-electron chi connectivity index (χ0n) is 13.1. The number of aryl methyl sites for hydroxylation is 1. The van der Waals surface area contributed by atoms with Crippen LogP contribution in [0.2, 0.25) is 0 Å². The monoisotopic (exact) mass is 349 g/mol. The number of rotatable bonds is 2. The number of halogens is 3. The standard InChI is InChI=1S/C18H14F3NO3/c1-10-2-7-15-13(8-10)14(23)9-16(25-15)17(24,18(19,20)21)11-3-5-12(22)6-4-11/h2-9,24H,22H2,1H3. The third-order valence-electron chi connectivity index (χ3n) is 3.98. The Balaban J connectivity index is 2.31. The van der Waals surface area contributed by atoms with Gasteiger partial charge in [-0.15, -0.1) is 0 Å². The molecule has 0 spiro atoms. The Kier molecular flexibility index (Phi) is 3.84. The Morgan fingerprint density at radius 3 is 2.28 bits per heavy atom. The summed E-state index contributed by atoms with van der Waals surface area (Å²) < 4.78 is 46.5. The van der Waals surface area contributed by atoms with Crippen molar-refractivity contribution in [2.45, 2.75) is 18.7 Å². The molecular formula is C18H14F3NO3. The molecule has 0 saturated carbocycles. The Morgan fingerprint density at radius 1 is 1.04 bits per heavy atom. The molecule has 0 aliphatic heterocycles. The first-order valence-corrected chi connectivity index (χ1v) is 7.33. The molecule has 3 rings (SSSR count). The molecule has 1 atom stereocenters. The van der Waals surface area contributed by atoms with E-state index in [0.717, 1.165) is 17.7 Å². The van der Waals surface area contributed by atoms with Gasteiger partial charge in [0.1, 0.15) is 5.58 Å². The second-order valence-electron chi connectivity index (χ2n) is 5.80. The fourth-order valence-electron chi connectivity index (χ4n) is 2.62. The van der Waals surface area contributed by atoms with E-state index >= 15 is 0 Å². The lowest BCUT2D eigenvalue weighted by Gasteiger charge is -2.30. The molecule has 0 fully saturated rings. The number of nitrogen functional groups attached to an aromatic ring is 1. The zero-order valence-corrected chi connectivity index (χ0v) is 13.1. The molecule has 0 aliphatic carbocycles. The number of alkyl halides is 3. The van der Waals surface area contributed by atoms with Crippen LogP contribution in [0.3, 0.4) is 0 Å². The van der Waals surface area contributed by atoms with E-state index in [1.165, 1.54) is 24.3 Å². The lowest BCUT2D eigenvalue weighted by Crippen LogP contribution is -2.43. The second kappa shape index (κ2) is 5.63.